The van der Waals surface area contributed by atoms with Crippen molar-refractivity contribution in [2.75, 3.05) is 18.4 Å². The van der Waals surface area contributed by atoms with Crippen molar-refractivity contribution < 1.29 is 4.79 Å². The van der Waals surface area contributed by atoms with Gasteiger partial charge in [-0.1, -0.05) is 18.2 Å². The van der Waals surface area contributed by atoms with Gasteiger partial charge >= 0.3 is 0 Å². The first-order valence-electron chi connectivity index (χ1n) is 6.26. The molecule has 6 nitrogen and oxygen atoms in total. The van der Waals surface area contributed by atoms with Crippen LogP contribution in [-0.2, 0) is 11.8 Å². The fourth-order valence-corrected chi connectivity index (χ4v) is 1.77. The Morgan fingerprint density at radius 2 is 2.35 bits per heavy atom. The highest BCUT2D eigenvalue weighted by Gasteiger charge is 2.06. The van der Waals surface area contributed by atoms with Crippen LogP contribution in [0.4, 0.5) is 5.69 Å². The molecule has 1 aromatic heterocycles. The van der Waals surface area contributed by atoms with E-state index in [2.05, 4.69) is 27.4 Å². The lowest BCUT2D eigenvalue weighted by molar-refractivity contribution is -0.115. The van der Waals surface area contributed by atoms with Crippen LogP contribution in [0.25, 0.3) is 11.4 Å². The Hall–Kier alpha value is -2.47. The number of hydrogen-bond donors (Lipinski definition) is 2. The van der Waals surface area contributed by atoms with E-state index in [4.69, 9.17) is 0 Å². The van der Waals surface area contributed by atoms with Crippen LogP contribution in [0, 0.1) is 0 Å². The van der Waals surface area contributed by atoms with Gasteiger partial charge in [0.25, 0.3) is 0 Å². The lowest BCUT2D eigenvalue weighted by Crippen LogP contribution is -2.28. The van der Waals surface area contributed by atoms with Crippen LogP contribution in [-0.4, -0.2) is 33.8 Å². The second kappa shape index (κ2) is 6.63. The standard InChI is InChI=1S/C14H17N5O/c1-3-7-15-9-13(20)17-12-6-4-5-11(8-12)14-18-16-10-19(14)2/h3-6,8,10,15H,1,7,9H2,2H3,(H,17,20). The maximum absolute atomic E-state index is 11.7. The molecule has 2 rings (SSSR count). The Labute approximate surface area is 117 Å². The first-order chi connectivity index (χ1) is 9.70. The van der Waals surface area contributed by atoms with Crippen molar-refractivity contribution >= 4 is 11.6 Å². The minimum Gasteiger partial charge on any atom is -0.325 e. The fourth-order valence-electron chi connectivity index (χ4n) is 1.77. The summed E-state index contributed by atoms with van der Waals surface area (Å²) in [4.78, 5) is 11.7. The number of rotatable bonds is 6. The number of hydrogen-bond acceptors (Lipinski definition) is 4. The molecule has 0 bridgehead atoms. The van der Waals surface area contributed by atoms with E-state index in [1.165, 1.54) is 0 Å². The molecule has 20 heavy (non-hydrogen) atoms. The molecule has 0 saturated carbocycles. The summed E-state index contributed by atoms with van der Waals surface area (Å²) in [5, 5.41) is 13.7. The van der Waals surface area contributed by atoms with Gasteiger partial charge in [0.1, 0.15) is 6.33 Å². The molecule has 0 saturated heterocycles. The third-order valence-corrected chi connectivity index (χ3v) is 2.69. The summed E-state index contributed by atoms with van der Waals surface area (Å²) < 4.78 is 1.83. The third kappa shape index (κ3) is 3.52. The Balaban J connectivity index is 2.05. The number of carbonyl (C=O) groups is 1. The molecule has 1 amide bonds. The van der Waals surface area contributed by atoms with Gasteiger partial charge in [-0.25, -0.2) is 0 Å². The molecule has 0 aliphatic carbocycles. The average molecular weight is 271 g/mol. The molecule has 1 aromatic carbocycles. The van der Waals surface area contributed by atoms with Crippen LogP contribution in [0.3, 0.4) is 0 Å². The van der Waals surface area contributed by atoms with Crippen LogP contribution in [0.1, 0.15) is 0 Å². The zero-order valence-corrected chi connectivity index (χ0v) is 11.3. The molecular weight excluding hydrogens is 254 g/mol. The highest BCUT2D eigenvalue weighted by Crippen LogP contribution is 2.19. The van der Waals surface area contributed by atoms with Crippen molar-refractivity contribution in [3.8, 4) is 11.4 Å². The molecule has 6 heteroatoms. The molecule has 0 spiro atoms. The quantitative estimate of drug-likeness (QED) is 0.611. The number of carbonyl (C=O) groups excluding carboxylic acids is 1. The Morgan fingerprint density at radius 1 is 1.50 bits per heavy atom. The van der Waals surface area contributed by atoms with Crippen molar-refractivity contribution in [3.63, 3.8) is 0 Å². The molecule has 104 valence electrons. The van der Waals surface area contributed by atoms with Crippen LogP contribution in [0.15, 0.2) is 43.2 Å². The van der Waals surface area contributed by atoms with Crippen LogP contribution < -0.4 is 10.6 Å². The van der Waals surface area contributed by atoms with E-state index in [1.54, 1.807) is 12.4 Å². The van der Waals surface area contributed by atoms with Gasteiger partial charge in [-0.2, -0.15) is 0 Å². The van der Waals surface area contributed by atoms with Gasteiger partial charge in [0, 0.05) is 24.8 Å². The third-order valence-electron chi connectivity index (χ3n) is 2.69. The van der Waals surface area contributed by atoms with E-state index in [0.717, 1.165) is 17.1 Å². The van der Waals surface area contributed by atoms with Gasteiger partial charge in [0.2, 0.25) is 5.91 Å². The summed E-state index contributed by atoms with van der Waals surface area (Å²) >= 11 is 0. The van der Waals surface area contributed by atoms with Crippen molar-refractivity contribution in [2.45, 2.75) is 0 Å². The average Bonchev–Trinajstić information content (AvgIpc) is 2.85. The Morgan fingerprint density at radius 3 is 3.05 bits per heavy atom. The summed E-state index contributed by atoms with van der Waals surface area (Å²) in [7, 11) is 1.87. The minimum absolute atomic E-state index is 0.0954. The Kier molecular flexibility index (Phi) is 4.62. The summed E-state index contributed by atoms with van der Waals surface area (Å²) in [5.74, 6) is 0.660. The van der Waals surface area contributed by atoms with Gasteiger partial charge in [-0.3, -0.25) is 4.79 Å². The molecular formula is C14H17N5O. The second-order valence-electron chi connectivity index (χ2n) is 4.31. The second-order valence-corrected chi connectivity index (χ2v) is 4.31. The maximum atomic E-state index is 11.7. The molecule has 1 heterocycles. The lowest BCUT2D eigenvalue weighted by Gasteiger charge is -2.07. The molecule has 0 aliphatic rings. The van der Waals surface area contributed by atoms with Crippen molar-refractivity contribution in [1.82, 2.24) is 20.1 Å². The summed E-state index contributed by atoms with van der Waals surface area (Å²) in [5.41, 5.74) is 1.64. The number of aromatic nitrogens is 3. The van der Waals surface area contributed by atoms with Crippen LogP contribution in [0.2, 0.25) is 0 Å². The lowest BCUT2D eigenvalue weighted by atomic mass is 10.2. The number of aryl methyl sites for hydroxylation is 1. The van der Waals surface area contributed by atoms with E-state index in [1.807, 2.05) is 35.9 Å². The van der Waals surface area contributed by atoms with E-state index in [0.29, 0.717) is 6.54 Å². The predicted octanol–water partition coefficient (Wildman–Crippen LogP) is 1.20. The molecule has 0 atom stereocenters. The first kappa shape index (κ1) is 14.0. The van der Waals surface area contributed by atoms with Gasteiger partial charge in [-0.15, -0.1) is 16.8 Å². The number of nitrogens with one attached hydrogen (secondary N) is 2. The van der Waals surface area contributed by atoms with Crippen LogP contribution in [0.5, 0.6) is 0 Å². The Bertz CT molecular complexity index is 605. The highest BCUT2D eigenvalue weighted by molar-refractivity contribution is 5.92. The van der Waals surface area contributed by atoms with Gasteiger partial charge in [-0.05, 0) is 12.1 Å². The number of nitrogens with zero attached hydrogens (tertiary/aromatic N) is 3. The highest BCUT2D eigenvalue weighted by atomic mass is 16.1. The van der Waals surface area contributed by atoms with Gasteiger partial charge in [0.05, 0.1) is 6.54 Å². The predicted molar refractivity (Wildman–Crippen MR) is 78.1 cm³/mol. The van der Waals surface area contributed by atoms with Gasteiger partial charge in [0.15, 0.2) is 5.82 Å². The van der Waals surface area contributed by atoms with Crippen molar-refractivity contribution in [1.29, 1.82) is 0 Å². The molecule has 2 N–H and O–H groups in total. The minimum atomic E-state index is -0.0954. The molecule has 0 aliphatic heterocycles. The van der Waals surface area contributed by atoms with Crippen molar-refractivity contribution in [3.05, 3.63) is 43.2 Å². The topological polar surface area (TPSA) is 71.8 Å². The first-order valence-corrected chi connectivity index (χ1v) is 6.26. The van der Waals surface area contributed by atoms with Crippen molar-refractivity contribution in [2.24, 2.45) is 7.05 Å². The summed E-state index contributed by atoms with van der Waals surface area (Å²) in [6, 6.07) is 7.51. The summed E-state index contributed by atoms with van der Waals surface area (Å²) in [6.45, 7) is 4.43. The van der Waals surface area contributed by atoms with E-state index in [9.17, 15) is 4.79 Å². The molecule has 0 unspecified atom stereocenters. The van der Waals surface area contributed by atoms with E-state index < -0.39 is 0 Å². The smallest absolute Gasteiger partial charge is 0.238 e. The molecule has 2 aromatic rings. The summed E-state index contributed by atoms with van der Waals surface area (Å²) in [6.07, 6.45) is 3.35. The normalized spacial score (nSPS) is 10.2. The SMILES string of the molecule is C=CCNCC(=O)Nc1cccc(-c2nncn2C)c1. The zero-order valence-electron chi connectivity index (χ0n) is 11.3. The maximum Gasteiger partial charge on any atom is 0.238 e. The van der Waals surface area contributed by atoms with Gasteiger partial charge < -0.3 is 15.2 Å². The molecule has 0 fully saturated rings. The monoisotopic (exact) mass is 271 g/mol. The number of anilines is 1. The van der Waals surface area contributed by atoms with E-state index >= 15 is 0 Å². The number of amides is 1. The van der Waals surface area contributed by atoms with Crippen LogP contribution >= 0.6 is 0 Å². The van der Waals surface area contributed by atoms with E-state index in [-0.39, 0.29) is 12.5 Å². The number of benzene rings is 1. The zero-order chi connectivity index (χ0) is 14.4. The largest absolute Gasteiger partial charge is 0.325 e. The fraction of sp³-hybridized carbons (Fsp3) is 0.214. The molecule has 0 radical (unpaired) electrons.